The highest BCUT2D eigenvalue weighted by atomic mass is 19.1. The summed E-state index contributed by atoms with van der Waals surface area (Å²) in [5.41, 5.74) is 2.32. The van der Waals surface area contributed by atoms with Gasteiger partial charge in [0.15, 0.2) is 5.79 Å². The third-order valence-corrected chi connectivity index (χ3v) is 7.67. The maximum Gasteiger partial charge on any atom is 0.217 e. The van der Waals surface area contributed by atoms with Crippen LogP contribution in [-0.2, 0) is 26.2 Å². The second-order valence-electron chi connectivity index (χ2n) is 10.7. The summed E-state index contributed by atoms with van der Waals surface area (Å²) in [6.07, 6.45) is 2.05. The van der Waals surface area contributed by atoms with E-state index in [0.29, 0.717) is 24.7 Å². The van der Waals surface area contributed by atoms with Gasteiger partial charge in [0.25, 0.3) is 0 Å². The summed E-state index contributed by atoms with van der Waals surface area (Å²) in [5.74, 6) is -1.88. The van der Waals surface area contributed by atoms with Crippen LogP contribution in [0.3, 0.4) is 0 Å². The average Bonchev–Trinajstić information content (AvgIpc) is 3.31. The zero-order chi connectivity index (χ0) is 26.6. The maximum atomic E-state index is 13.8. The van der Waals surface area contributed by atoms with Crippen molar-refractivity contribution in [1.29, 1.82) is 0 Å². The number of halogens is 2. The number of ether oxygens (including phenoxy) is 2. The predicted octanol–water partition coefficient (Wildman–Crippen LogP) is 4.30. The molecule has 1 amide bonds. The van der Waals surface area contributed by atoms with Crippen LogP contribution in [0.25, 0.3) is 0 Å². The molecule has 202 valence electrons. The van der Waals surface area contributed by atoms with Gasteiger partial charge in [-0.25, -0.2) is 8.78 Å². The van der Waals surface area contributed by atoms with E-state index in [2.05, 4.69) is 48.7 Å². The van der Waals surface area contributed by atoms with Crippen LogP contribution in [0.2, 0.25) is 0 Å². The Balaban J connectivity index is 1.54. The van der Waals surface area contributed by atoms with Gasteiger partial charge in [0, 0.05) is 37.9 Å². The fourth-order valence-electron chi connectivity index (χ4n) is 5.58. The van der Waals surface area contributed by atoms with Crippen LogP contribution in [0.4, 0.5) is 8.78 Å². The molecule has 8 heteroatoms. The molecule has 1 heterocycles. The maximum absolute atomic E-state index is 13.8. The summed E-state index contributed by atoms with van der Waals surface area (Å²) >= 11 is 0. The molecule has 0 aromatic heterocycles. The van der Waals surface area contributed by atoms with Crippen molar-refractivity contribution >= 4 is 5.91 Å². The minimum Gasteiger partial charge on any atom is -0.390 e. The molecule has 0 radical (unpaired) electrons. The van der Waals surface area contributed by atoms with Gasteiger partial charge in [0.1, 0.15) is 11.6 Å². The first-order valence-corrected chi connectivity index (χ1v) is 13.1. The van der Waals surface area contributed by atoms with Crippen LogP contribution in [0.1, 0.15) is 69.1 Å². The van der Waals surface area contributed by atoms with Crippen LogP contribution >= 0.6 is 0 Å². The molecule has 0 bridgehead atoms. The molecule has 1 saturated carbocycles. The second kappa shape index (κ2) is 11.6. The number of nitrogens with one attached hydrogen (secondary N) is 2. The fraction of sp³-hybridized carbons (Fsp3) is 0.552. The van der Waals surface area contributed by atoms with Gasteiger partial charge >= 0.3 is 0 Å². The quantitative estimate of drug-likeness (QED) is 0.463. The first-order chi connectivity index (χ1) is 17.6. The van der Waals surface area contributed by atoms with E-state index in [-0.39, 0.29) is 18.9 Å². The molecular weight excluding hydrogens is 478 g/mol. The van der Waals surface area contributed by atoms with Crippen molar-refractivity contribution in [2.24, 2.45) is 0 Å². The summed E-state index contributed by atoms with van der Waals surface area (Å²) in [5, 5.41) is 17.6. The van der Waals surface area contributed by atoms with Crippen LogP contribution in [-0.4, -0.2) is 48.7 Å². The summed E-state index contributed by atoms with van der Waals surface area (Å²) in [7, 11) is 0. The van der Waals surface area contributed by atoms with Gasteiger partial charge in [-0.2, -0.15) is 0 Å². The number of benzene rings is 2. The number of aliphatic hydroxyl groups excluding tert-OH is 1. The molecule has 4 rings (SSSR count). The first kappa shape index (κ1) is 27.6. The van der Waals surface area contributed by atoms with Crippen molar-refractivity contribution < 1.29 is 28.2 Å². The monoisotopic (exact) mass is 516 g/mol. The Kier molecular flexibility index (Phi) is 8.63. The summed E-state index contributed by atoms with van der Waals surface area (Å²) < 4.78 is 39.4. The zero-order valence-corrected chi connectivity index (χ0v) is 21.9. The standard InChI is InChI=1S/C29H38F2N2O4/c1-19(2)22-5-4-6-23(16-22)28(7-9-29(10-8-28)36-11-12-37-29)32-18-27(35)26(33-20(3)34)15-21-13-24(30)17-25(31)14-21/h4-6,13-14,16-17,19,26-27,32,35H,7-12,15,18H2,1-3H3,(H,33,34). The van der Waals surface area contributed by atoms with E-state index in [1.807, 2.05) is 0 Å². The number of aliphatic hydroxyl groups is 1. The molecule has 1 saturated heterocycles. The lowest BCUT2D eigenvalue weighted by Crippen LogP contribution is -2.55. The molecule has 2 unspecified atom stereocenters. The molecule has 1 aliphatic heterocycles. The SMILES string of the molecule is CC(=O)NC(Cc1cc(F)cc(F)c1)C(O)CNC1(c2cccc(C(C)C)c2)CCC2(CC1)OCCO2. The Hall–Kier alpha value is -2.39. The molecule has 6 nitrogen and oxygen atoms in total. The highest BCUT2D eigenvalue weighted by Gasteiger charge is 2.47. The predicted molar refractivity (Wildman–Crippen MR) is 137 cm³/mol. The van der Waals surface area contributed by atoms with Crippen molar-refractivity contribution in [2.75, 3.05) is 19.8 Å². The van der Waals surface area contributed by atoms with Crippen molar-refractivity contribution in [3.8, 4) is 0 Å². The highest BCUT2D eigenvalue weighted by Crippen LogP contribution is 2.45. The van der Waals surface area contributed by atoms with Gasteiger partial charge in [0.05, 0.1) is 25.4 Å². The van der Waals surface area contributed by atoms with E-state index in [1.54, 1.807) is 0 Å². The third-order valence-electron chi connectivity index (χ3n) is 7.67. The fourth-order valence-corrected chi connectivity index (χ4v) is 5.58. The van der Waals surface area contributed by atoms with E-state index in [9.17, 15) is 18.7 Å². The van der Waals surface area contributed by atoms with Crippen LogP contribution in [0, 0.1) is 11.6 Å². The van der Waals surface area contributed by atoms with E-state index in [0.717, 1.165) is 37.3 Å². The Morgan fingerprint density at radius 2 is 1.68 bits per heavy atom. The third kappa shape index (κ3) is 6.74. The molecule has 2 atom stereocenters. The molecule has 2 aromatic carbocycles. The molecule has 37 heavy (non-hydrogen) atoms. The molecule has 3 N–H and O–H groups in total. The molecule has 2 aliphatic rings. The van der Waals surface area contributed by atoms with E-state index in [1.165, 1.54) is 24.6 Å². The largest absolute Gasteiger partial charge is 0.390 e. The van der Waals surface area contributed by atoms with Gasteiger partial charge in [-0.3, -0.25) is 4.79 Å². The van der Waals surface area contributed by atoms with Crippen molar-refractivity contribution in [1.82, 2.24) is 10.6 Å². The minimum atomic E-state index is -0.991. The highest BCUT2D eigenvalue weighted by molar-refractivity contribution is 5.73. The van der Waals surface area contributed by atoms with Gasteiger partial charge < -0.3 is 25.2 Å². The molecule has 1 spiro atoms. The average molecular weight is 517 g/mol. The number of rotatable bonds is 9. The van der Waals surface area contributed by atoms with Gasteiger partial charge in [0.2, 0.25) is 5.91 Å². The lowest BCUT2D eigenvalue weighted by atomic mass is 9.73. The van der Waals surface area contributed by atoms with Crippen molar-refractivity contribution in [3.63, 3.8) is 0 Å². The van der Waals surface area contributed by atoms with Gasteiger partial charge in [-0.1, -0.05) is 38.1 Å². The Morgan fingerprint density at radius 3 is 2.27 bits per heavy atom. The lowest BCUT2D eigenvalue weighted by molar-refractivity contribution is -0.187. The van der Waals surface area contributed by atoms with E-state index < -0.39 is 35.1 Å². The van der Waals surface area contributed by atoms with Crippen LogP contribution in [0.5, 0.6) is 0 Å². The van der Waals surface area contributed by atoms with Gasteiger partial charge in [-0.05, 0) is 54.0 Å². The normalized spacial score (nSPS) is 20.2. The lowest BCUT2D eigenvalue weighted by Gasteiger charge is -2.45. The first-order valence-electron chi connectivity index (χ1n) is 13.1. The molecular formula is C29H38F2N2O4. The number of carbonyl (C=O) groups excluding carboxylic acids is 1. The Labute approximate surface area is 217 Å². The van der Waals surface area contributed by atoms with Crippen molar-refractivity contribution in [3.05, 3.63) is 70.8 Å². The summed E-state index contributed by atoms with van der Waals surface area (Å²) in [6, 6.07) is 11.0. The topological polar surface area (TPSA) is 79.8 Å². The van der Waals surface area contributed by atoms with E-state index in [4.69, 9.17) is 9.47 Å². The van der Waals surface area contributed by atoms with Crippen molar-refractivity contribution in [2.45, 2.75) is 82.3 Å². The number of hydrogen-bond donors (Lipinski definition) is 3. The number of carbonyl (C=O) groups is 1. The molecule has 2 fully saturated rings. The summed E-state index contributed by atoms with van der Waals surface area (Å²) in [4.78, 5) is 11.9. The number of hydrogen-bond acceptors (Lipinski definition) is 5. The zero-order valence-electron chi connectivity index (χ0n) is 21.9. The van der Waals surface area contributed by atoms with Crippen LogP contribution < -0.4 is 10.6 Å². The van der Waals surface area contributed by atoms with E-state index >= 15 is 0 Å². The molecule has 2 aromatic rings. The molecule has 1 aliphatic carbocycles. The minimum absolute atomic E-state index is 0.0950. The smallest absolute Gasteiger partial charge is 0.217 e. The number of amides is 1. The Bertz CT molecular complexity index is 1060. The van der Waals surface area contributed by atoms with Crippen LogP contribution in [0.15, 0.2) is 42.5 Å². The van der Waals surface area contributed by atoms with Gasteiger partial charge in [-0.15, -0.1) is 0 Å². The second-order valence-corrected chi connectivity index (χ2v) is 10.7. The Morgan fingerprint density at radius 1 is 1.03 bits per heavy atom. The summed E-state index contributed by atoms with van der Waals surface area (Å²) in [6.45, 7) is 7.06.